The van der Waals surface area contributed by atoms with Gasteiger partial charge in [-0.2, -0.15) is 0 Å². The van der Waals surface area contributed by atoms with Crippen LogP contribution in [0.25, 0.3) is 10.6 Å². The van der Waals surface area contributed by atoms with Crippen LogP contribution < -0.4 is 0 Å². The van der Waals surface area contributed by atoms with E-state index < -0.39 is 0 Å². The SMILES string of the molecule is [c]1nnsc1-c1ccon1. The maximum absolute atomic E-state index is 4.62. The Bertz CT molecular complexity index is 256. The first-order valence-electron chi connectivity index (χ1n) is 2.57. The zero-order chi connectivity index (χ0) is 6.81. The molecule has 2 aromatic heterocycles. The average Bonchev–Trinajstić information content (AvgIpc) is 2.59. The van der Waals surface area contributed by atoms with Crippen molar-refractivity contribution < 1.29 is 4.52 Å². The summed E-state index contributed by atoms with van der Waals surface area (Å²) in [6, 6.07) is 1.74. The molecule has 49 valence electrons. The Morgan fingerprint density at radius 3 is 3.20 bits per heavy atom. The van der Waals surface area contributed by atoms with Crippen molar-refractivity contribution in [2.24, 2.45) is 0 Å². The summed E-state index contributed by atoms with van der Waals surface area (Å²) in [5.74, 6) is 0. The Balaban J connectivity index is 2.48. The minimum absolute atomic E-state index is 0.731. The van der Waals surface area contributed by atoms with Gasteiger partial charge < -0.3 is 4.52 Å². The highest BCUT2D eigenvalue weighted by Gasteiger charge is 2.02. The topological polar surface area (TPSA) is 51.8 Å². The second kappa shape index (κ2) is 2.18. The van der Waals surface area contributed by atoms with Gasteiger partial charge in [-0.05, 0) is 11.5 Å². The first-order chi connectivity index (χ1) is 4.97. The normalized spacial score (nSPS) is 10.0. The van der Waals surface area contributed by atoms with Crippen LogP contribution in [-0.4, -0.2) is 14.7 Å². The summed E-state index contributed by atoms with van der Waals surface area (Å²) in [6.45, 7) is 0. The van der Waals surface area contributed by atoms with E-state index in [4.69, 9.17) is 0 Å². The maximum Gasteiger partial charge on any atom is 0.137 e. The van der Waals surface area contributed by atoms with Gasteiger partial charge in [0.1, 0.15) is 23.0 Å². The fraction of sp³-hybridized carbons (Fsp3) is 0. The zero-order valence-corrected chi connectivity index (χ0v) is 5.63. The van der Waals surface area contributed by atoms with Crippen LogP contribution in [0.1, 0.15) is 0 Å². The molecule has 0 fully saturated rings. The van der Waals surface area contributed by atoms with E-state index in [1.54, 1.807) is 6.07 Å². The van der Waals surface area contributed by atoms with Crippen molar-refractivity contribution in [2.75, 3.05) is 0 Å². The number of rotatable bonds is 1. The van der Waals surface area contributed by atoms with Crippen molar-refractivity contribution in [1.29, 1.82) is 0 Å². The Morgan fingerprint density at radius 1 is 1.60 bits per heavy atom. The molecule has 0 spiro atoms. The minimum atomic E-state index is 0.731. The lowest BCUT2D eigenvalue weighted by atomic mass is 10.4. The molecule has 0 bridgehead atoms. The highest BCUT2D eigenvalue weighted by atomic mass is 32.1. The van der Waals surface area contributed by atoms with E-state index in [9.17, 15) is 0 Å². The third-order valence-corrected chi connectivity index (χ3v) is 1.64. The summed E-state index contributed by atoms with van der Waals surface area (Å²) >= 11 is 1.24. The number of hydrogen-bond donors (Lipinski definition) is 0. The standard InChI is InChI=1S/C5H2N3OS/c1-2-9-7-4(1)5-3-6-8-10-5/h1-2H. The van der Waals surface area contributed by atoms with E-state index in [-0.39, 0.29) is 0 Å². The zero-order valence-electron chi connectivity index (χ0n) is 4.81. The van der Waals surface area contributed by atoms with Crippen molar-refractivity contribution in [1.82, 2.24) is 14.7 Å². The van der Waals surface area contributed by atoms with Gasteiger partial charge in [-0.3, -0.25) is 0 Å². The molecule has 0 aliphatic heterocycles. The molecule has 10 heavy (non-hydrogen) atoms. The maximum atomic E-state index is 4.62. The lowest BCUT2D eigenvalue weighted by Crippen LogP contribution is -1.67. The third kappa shape index (κ3) is 0.801. The molecule has 0 aromatic carbocycles. The molecule has 0 aliphatic rings. The highest BCUT2D eigenvalue weighted by molar-refractivity contribution is 7.09. The summed E-state index contributed by atoms with van der Waals surface area (Å²) in [7, 11) is 0. The lowest BCUT2D eigenvalue weighted by Gasteiger charge is -1.77. The number of nitrogens with zero attached hydrogens (tertiary/aromatic N) is 3. The molecule has 0 aliphatic carbocycles. The molecule has 5 heteroatoms. The van der Waals surface area contributed by atoms with Crippen molar-refractivity contribution in [3.05, 3.63) is 18.5 Å². The van der Waals surface area contributed by atoms with Gasteiger partial charge in [0.15, 0.2) is 0 Å². The Morgan fingerprint density at radius 2 is 2.60 bits per heavy atom. The molecule has 1 radical (unpaired) electrons. The molecule has 2 rings (SSSR count). The molecule has 4 nitrogen and oxygen atoms in total. The van der Waals surface area contributed by atoms with E-state index in [1.165, 1.54) is 17.8 Å². The summed E-state index contributed by atoms with van der Waals surface area (Å²) in [4.78, 5) is 0.800. The van der Waals surface area contributed by atoms with Gasteiger partial charge in [0, 0.05) is 6.07 Å². The smallest absolute Gasteiger partial charge is 0.137 e. The van der Waals surface area contributed by atoms with Gasteiger partial charge in [0.2, 0.25) is 0 Å². The van der Waals surface area contributed by atoms with Crippen LogP contribution in [0.5, 0.6) is 0 Å². The first-order valence-corrected chi connectivity index (χ1v) is 3.35. The second-order valence-electron chi connectivity index (χ2n) is 1.60. The molecule has 2 aromatic rings. The van der Waals surface area contributed by atoms with Gasteiger partial charge in [0.05, 0.1) is 0 Å². The monoisotopic (exact) mass is 152 g/mol. The van der Waals surface area contributed by atoms with Crippen LogP contribution in [0, 0.1) is 6.20 Å². The first kappa shape index (κ1) is 5.55. The predicted molar refractivity (Wildman–Crippen MR) is 34.2 cm³/mol. The molecular formula is C5H2N3OS. The van der Waals surface area contributed by atoms with Gasteiger partial charge in [-0.25, -0.2) is 0 Å². The molecule has 0 amide bonds. The van der Waals surface area contributed by atoms with Crippen LogP contribution >= 0.6 is 11.5 Å². The van der Waals surface area contributed by atoms with E-state index in [0.717, 1.165) is 10.6 Å². The third-order valence-electron chi connectivity index (χ3n) is 0.995. The molecule has 0 saturated heterocycles. The van der Waals surface area contributed by atoms with E-state index in [2.05, 4.69) is 25.5 Å². The van der Waals surface area contributed by atoms with E-state index in [0.29, 0.717) is 0 Å². The molecule has 0 atom stereocenters. The van der Waals surface area contributed by atoms with Gasteiger partial charge >= 0.3 is 0 Å². The number of aromatic nitrogens is 3. The molecule has 0 saturated carbocycles. The molecular weight excluding hydrogens is 150 g/mol. The van der Waals surface area contributed by atoms with Gasteiger partial charge in [0.25, 0.3) is 0 Å². The van der Waals surface area contributed by atoms with Crippen molar-refractivity contribution in [3.63, 3.8) is 0 Å². The van der Waals surface area contributed by atoms with Crippen LogP contribution in [0.3, 0.4) is 0 Å². The minimum Gasteiger partial charge on any atom is -0.364 e. The van der Waals surface area contributed by atoms with Crippen LogP contribution in [0.15, 0.2) is 16.9 Å². The second-order valence-corrected chi connectivity index (χ2v) is 2.35. The average molecular weight is 152 g/mol. The fourth-order valence-corrected chi connectivity index (χ4v) is 1.02. The quantitative estimate of drug-likeness (QED) is 0.611. The Hall–Kier alpha value is -1.23. The van der Waals surface area contributed by atoms with Gasteiger partial charge in [-0.1, -0.05) is 9.64 Å². The van der Waals surface area contributed by atoms with Crippen LogP contribution in [0.2, 0.25) is 0 Å². The summed E-state index contributed by atoms with van der Waals surface area (Å²) in [5, 5.41) is 7.22. The van der Waals surface area contributed by atoms with Crippen LogP contribution in [-0.2, 0) is 0 Å². The number of hydrogen-bond acceptors (Lipinski definition) is 5. The van der Waals surface area contributed by atoms with E-state index >= 15 is 0 Å². The summed E-state index contributed by atoms with van der Waals surface area (Å²) in [6.07, 6.45) is 4.18. The van der Waals surface area contributed by atoms with Crippen molar-refractivity contribution in [2.45, 2.75) is 0 Å². The van der Waals surface area contributed by atoms with Crippen molar-refractivity contribution >= 4 is 11.5 Å². The molecule has 0 unspecified atom stereocenters. The summed E-state index contributed by atoms with van der Waals surface area (Å²) < 4.78 is 8.25. The van der Waals surface area contributed by atoms with E-state index in [1.807, 2.05) is 0 Å². The Labute approximate surface area is 60.6 Å². The highest BCUT2D eigenvalue weighted by Crippen LogP contribution is 2.17. The lowest BCUT2D eigenvalue weighted by molar-refractivity contribution is 0.422. The summed E-state index contributed by atoms with van der Waals surface area (Å²) in [5.41, 5.74) is 0.731. The van der Waals surface area contributed by atoms with Crippen molar-refractivity contribution in [3.8, 4) is 10.6 Å². The predicted octanol–water partition coefficient (Wildman–Crippen LogP) is 0.993. The fourth-order valence-electron chi connectivity index (χ4n) is 0.581. The van der Waals surface area contributed by atoms with Gasteiger partial charge in [-0.15, -0.1) is 5.10 Å². The largest absolute Gasteiger partial charge is 0.364 e. The Kier molecular flexibility index (Phi) is 1.21. The molecule has 2 heterocycles. The molecule has 0 N–H and O–H groups in total. The van der Waals surface area contributed by atoms with Crippen LogP contribution in [0.4, 0.5) is 0 Å².